The van der Waals surface area contributed by atoms with Gasteiger partial charge in [0.2, 0.25) is 0 Å². The molecule has 0 atom stereocenters. The second-order valence-electron chi connectivity index (χ2n) is 7.81. The molecule has 27 heavy (non-hydrogen) atoms. The second kappa shape index (κ2) is 6.60. The third-order valence-electron chi connectivity index (χ3n) is 5.35. The fourth-order valence-corrected chi connectivity index (χ4v) is 5.33. The number of carbonyl (C=O) groups excluding carboxylic acids is 2. The van der Waals surface area contributed by atoms with E-state index in [1.165, 1.54) is 23.5 Å². The van der Waals surface area contributed by atoms with Gasteiger partial charge in [0.05, 0.1) is 9.90 Å². The Morgan fingerprint density at radius 3 is 2.67 bits per heavy atom. The minimum absolute atomic E-state index is 0.0122. The van der Waals surface area contributed by atoms with Crippen molar-refractivity contribution in [1.29, 1.82) is 0 Å². The van der Waals surface area contributed by atoms with Crippen LogP contribution >= 0.6 is 22.9 Å². The lowest BCUT2D eigenvalue weighted by atomic mass is 9.38. The molecule has 1 aromatic carbocycles. The molecule has 1 amide bonds. The third-order valence-corrected chi connectivity index (χ3v) is 6.74. The van der Waals surface area contributed by atoms with E-state index in [0.717, 1.165) is 35.8 Å². The number of benzene rings is 1. The van der Waals surface area contributed by atoms with Crippen molar-refractivity contribution in [2.45, 2.75) is 38.1 Å². The van der Waals surface area contributed by atoms with E-state index in [1.54, 1.807) is 0 Å². The SMILES string of the molecule is Cc1csc(C(=O)CC23CC(NC(=O)COc4ccc(Cl)c(F)c4)(C2)C3)c1. The van der Waals surface area contributed by atoms with Crippen molar-refractivity contribution in [1.82, 2.24) is 5.32 Å². The number of halogens is 2. The summed E-state index contributed by atoms with van der Waals surface area (Å²) in [5, 5.41) is 5.01. The number of carbonyl (C=O) groups is 2. The van der Waals surface area contributed by atoms with Crippen LogP contribution in [0.1, 0.15) is 40.9 Å². The molecule has 0 spiro atoms. The highest BCUT2D eigenvalue weighted by molar-refractivity contribution is 7.12. The van der Waals surface area contributed by atoms with Gasteiger partial charge in [0.1, 0.15) is 11.6 Å². The lowest BCUT2D eigenvalue weighted by Gasteiger charge is -2.70. The predicted molar refractivity (Wildman–Crippen MR) is 102 cm³/mol. The summed E-state index contributed by atoms with van der Waals surface area (Å²) in [7, 11) is 0. The van der Waals surface area contributed by atoms with E-state index in [4.69, 9.17) is 16.3 Å². The Balaban J connectivity index is 1.23. The van der Waals surface area contributed by atoms with Crippen LogP contribution in [0.3, 0.4) is 0 Å². The molecule has 142 valence electrons. The molecule has 7 heteroatoms. The van der Waals surface area contributed by atoms with Gasteiger partial charge >= 0.3 is 0 Å². The number of thiophene rings is 1. The molecule has 1 aromatic heterocycles. The normalized spacial score (nSPS) is 25.3. The van der Waals surface area contributed by atoms with Crippen molar-refractivity contribution < 1.29 is 18.7 Å². The Kier molecular flexibility index (Phi) is 4.51. The zero-order valence-corrected chi connectivity index (χ0v) is 16.4. The maximum atomic E-state index is 13.4. The fourth-order valence-electron chi connectivity index (χ4n) is 4.37. The quantitative estimate of drug-likeness (QED) is 0.685. The first kappa shape index (κ1) is 18.4. The number of ketones is 1. The number of aryl methyl sites for hydroxylation is 1. The number of nitrogens with one attached hydrogen (secondary N) is 1. The molecule has 0 saturated heterocycles. The van der Waals surface area contributed by atoms with Gasteiger partial charge in [-0.2, -0.15) is 0 Å². The number of amides is 1. The van der Waals surface area contributed by atoms with E-state index in [-0.39, 0.29) is 40.0 Å². The van der Waals surface area contributed by atoms with Gasteiger partial charge in [-0.25, -0.2) is 4.39 Å². The number of ether oxygens (including phenoxy) is 1. The van der Waals surface area contributed by atoms with E-state index in [1.807, 2.05) is 18.4 Å². The van der Waals surface area contributed by atoms with Crippen LogP contribution in [-0.2, 0) is 4.79 Å². The van der Waals surface area contributed by atoms with E-state index in [0.29, 0.717) is 6.42 Å². The van der Waals surface area contributed by atoms with Crippen LogP contribution in [0.25, 0.3) is 0 Å². The van der Waals surface area contributed by atoms with Crippen molar-refractivity contribution in [2.75, 3.05) is 6.61 Å². The highest BCUT2D eigenvalue weighted by Gasteiger charge is 2.68. The van der Waals surface area contributed by atoms with Crippen molar-refractivity contribution in [2.24, 2.45) is 5.41 Å². The second-order valence-corrected chi connectivity index (χ2v) is 9.13. The predicted octanol–water partition coefficient (Wildman–Crippen LogP) is 4.54. The molecule has 3 aliphatic carbocycles. The van der Waals surface area contributed by atoms with Crippen molar-refractivity contribution in [3.63, 3.8) is 0 Å². The lowest BCUT2D eigenvalue weighted by molar-refractivity contribution is -0.164. The summed E-state index contributed by atoms with van der Waals surface area (Å²) in [5.74, 6) is -0.362. The summed E-state index contributed by atoms with van der Waals surface area (Å²) in [6, 6.07) is 6.00. The van der Waals surface area contributed by atoms with Gasteiger partial charge in [-0.1, -0.05) is 11.6 Å². The van der Waals surface area contributed by atoms with Gasteiger partial charge < -0.3 is 10.1 Å². The molecule has 1 N–H and O–H groups in total. The average Bonchev–Trinajstić information content (AvgIpc) is 2.99. The Hall–Kier alpha value is -1.92. The minimum atomic E-state index is -0.582. The van der Waals surface area contributed by atoms with Crippen LogP contribution in [-0.4, -0.2) is 23.8 Å². The van der Waals surface area contributed by atoms with E-state index in [9.17, 15) is 14.0 Å². The Bertz CT molecular complexity index is 906. The molecule has 4 nitrogen and oxygen atoms in total. The number of hydrogen-bond acceptors (Lipinski definition) is 4. The average molecular weight is 408 g/mol. The Morgan fingerprint density at radius 1 is 1.30 bits per heavy atom. The molecule has 5 rings (SSSR count). The van der Waals surface area contributed by atoms with Crippen LogP contribution < -0.4 is 10.1 Å². The van der Waals surface area contributed by atoms with E-state index < -0.39 is 5.82 Å². The molecule has 3 saturated carbocycles. The molecular weight excluding hydrogens is 389 g/mol. The van der Waals surface area contributed by atoms with E-state index >= 15 is 0 Å². The lowest BCUT2D eigenvalue weighted by Crippen LogP contribution is -2.75. The summed E-state index contributed by atoms with van der Waals surface area (Å²) in [5.41, 5.74) is 0.963. The molecule has 0 unspecified atom stereocenters. The van der Waals surface area contributed by atoms with Crippen molar-refractivity contribution in [3.8, 4) is 5.75 Å². The summed E-state index contributed by atoms with van der Waals surface area (Å²) in [6.45, 7) is 1.81. The Labute approximate surface area is 165 Å². The van der Waals surface area contributed by atoms with Gasteiger partial charge in [-0.15, -0.1) is 11.3 Å². The first-order valence-corrected chi connectivity index (χ1v) is 10.0. The number of Topliss-reactive ketones (excluding diaryl/α,β-unsaturated/α-hetero) is 1. The molecule has 3 fully saturated rings. The first-order valence-electron chi connectivity index (χ1n) is 8.75. The van der Waals surface area contributed by atoms with Gasteiger partial charge in [0.25, 0.3) is 5.91 Å². The molecule has 0 aliphatic heterocycles. The molecule has 0 radical (unpaired) electrons. The van der Waals surface area contributed by atoms with E-state index in [2.05, 4.69) is 5.32 Å². The first-order chi connectivity index (χ1) is 12.8. The zero-order valence-electron chi connectivity index (χ0n) is 14.8. The summed E-state index contributed by atoms with van der Waals surface area (Å²) >= 11 is 7.11. The van der Waals surface area contributed by atoms with Gasteiger partial charge in [-0.3, -0.25) is 9.59 Å². The van der Waals surface area contributed by atoms with Crippen LogP contribution in [0.15, 0.2) is 29.6 Å². The standard InChI is InChI=1S/C20H19ClFNO3S/c1-12-4-17(27-8-12)16(24)6-19-9-20(10-19,11-19)23-18(25)7-26-13-2-3-14(21)15(22)5-13/h2-5,8H,6-7,9-11H2,1H3,(H,23,25). The zero-order chi connectivity index (χ0) is 19.2. The molecular formula is C20H19ClFNO3S. The maximum absolute atomic E-state index is 13.4. The van der Waals surface area contributed by atoms with Crippen LogP contribution in [0, 0.1) is 18.2 Å². The van der Waals surface area contributed by atoms with Crippen LogP contribution in [0.2, 0.25) is 5.02 Å². The molecule has 2 bridgehead atoms. The van der Waals surface area contributed by atoms with Crippen LogP contribution in [0.5, 0.6) is 5.75 Å². The Morgan fingerprint density at radius 2 is 2.04 bits per heavy atom. The summed E-state index contributed by atoms with van der Waals surface area (Å²) in [4.78, 5) is 25.3. The van der Waals surface area contributed by atoms with Crippen molar-refractivity contribution >= 4 is 34.6 Å². The third kappa shape index (κ3) is 3.60. The highest BCUT2D eigenvalue weighted by Crippen LogP contribution is 2.69. The topological polar surface area (TPSA) is 55.4 Å². The minimum Gasteiger partial charge on any atom is -0.484 e. The largest absolute Gasteiger partial charge is 0.484 e. The van der Waals surface area contributed by atoms with Crippen LogP contribution in [0.4, 0.5) is 4.39 Å². The van der Waals surface area contributed by atoms with Gasteiger partial charge in [-0.05, 0) is 60.7 Å². The molecule has 3 aliphatic rings. The fraction of sp³-hybridized carbons (Fsp3) is 0.400. The van der Waals surface area contributed by atoms with Gasteiger partial charge in [0, 0.05) is 18.0 Å². The summed E-state index contributed by atoms with van der Waals surface area (Å²) < 4.78 is 18.7. The van der Waals surface area contributed by atoms with Crippen molar-refractivity contribution in [3.05, 3.63) is 50.9 Å². The molecule has 2 aromatic rings. The maximum Gasteiger partial charge on any atom is 0.258 e. The highest BCUT2D eigenvalue weighted by atomic mass is 35.5. The number of hydrogen-bond donors (Lipinski definition) is 1. The monoisotopic (exact) mass is 407 g/mol. The number of rotatable bonds is 7. The summed E-state index contributed by atoms with van der Waals surface area (Å²) in [6.07, 6.45) is 3.04. The molecule has 1 heterocycles. The smallest absolute Gasteiger partial charge is 0.258 e. The van der Waals surface area contributed by atoms with Gasteiger partial charge in [0.15, 0.2) is 12.4 Å².